The van der Waals surface area contributed by atoms with Gasteiger partial charge in [0.2, 0.25) is 10.0 Å². The number of rotatable bonds is 7. The molecule has 0 unspecified atom stereocenters. The lowest BCUT2D eigenvalue weighted by molar-refractivity contribution is -0.118. The van der Waals surface area contributed by atoms with Gasteiger partial charge in [0.25, 0.3) is 5.91 Å². The fourth-order valence-electron chi connectivity index (χ4n) is 3.03. The van der Waals surface area contributed by atoms with Crippen LogP contribution in [0.4, 0.5) is 5.69 Å². The van der Waals surface area contributed by atoms with E-state index in [1.807, 2.05) is 0 Å². The minimum absolute atomic E-state index is 0.0986. The van der Waals surface area contributed by atoms with Gasteiger partial charge in [-0.3, -0.25) is 9.59 Å². The van der Waals surface area contributed by atoms with Gasteiger partial charge < -0.3 is 14.8 Å². The highest BCUT2D eigenvalue weighted by molar-refractivity contribution is 7.89. The number of hydrogen-bond acceptors (Lipinski definition) is 6. The third-order valence-corrected chi connectivity index (χ3v) is 6.71. The molecule has 30 heavy (non-hydrogen) atoms. The lowest BCUT2D eigenvalue weighted by Gasteiger charge is -2.26. The molecule has 0 aliphatic carbocycles. The number of nitrogens with zero attached hydrogens (tertiary/aromatic N) is 1. The minimum atomic E-state index is -3.68. The quantitative estimate of drug-likeness (QED) is 0.674. The standard InChI is InChI=1S/C21H24N2O6S/c1-15-6-7-18(13-20(15)30(26,27)23-8-10-28-11-9-23)22-21(25)14-29-19-5-3-4-17(12-19)16(2)24/h3-7,12-13H,8-11,14H2,1-2H3,(H,22,25). The molecular weight excluding hydrogens is 408 g/mol. The van der Waals surface area contributed by atoms with Crippen LogP contribution in [0.25, 0.3) is 0 Å². The fraction of sp³-hybridized carbons (Fsp3) is 0.333. The Morgan fingerprint density at radius 2 is 1.87 bits per heavy atom. The molecule has 0 spiro atoms. The summed E-state index contributed by atoms with van der Waals surface area (Å²) < 4.78 is 38.0. The highest BCUT2D eigenvalue weighted by atomic mass is 32.2. The van der Waals surface area contributed by atoms with Crippen molar-refractivity contribution < 1.29 is 27.5 Å². The van der Waals surface area contributed by atoms with Crippen molar-refractivity contribution in [2.45, 2.75) is 18.7 Å². The van der Waals surface area contributed by atoms with E-state index in [4.69, 9.17) is 9.47 Å². The number of benzene rings is 2. The lowest BCUT2D eigenvalue weighted by Crippen LogP contribution is -2.40. The van der Waals surface area contributed by atoms with Gasteiger partial charge in [-0.1, -0.05) is 18.2 Å². The number of Topliss-reactive ketones (excluding diaryl/α,β-unsaturated/α-hetero) is 1. The molecule has 2 aromatic rings. The highest BCUT2D eigenvalue weighted by Crippen LogP contribution is 2.24. The van der Waals surface area contributed by atoms with Gasteiger partial charge in [0.15, 0.2) is 12.4 Å². The molecule has 160 valence electrons. The molecule has 1 amide bonds. The van der Waals surface area contributed by atoms with Gasteiger partial charge in [-0.15, -0.1) is 0 Å². The lowest BCUT2D eigenvalue weighted by atomic mass is 10.1. The normalized spacial score (nSPS) is 14.9. The van der Waals surface area contributed by atoms with Crippen molar-refractivity contribution in [2.24, 2.45) is 0 Å². The van der Waals surface area contributed by atoms with Gasteiger partial charge in [-0.2, -0.15) is 4.31 Å². The molecule has 0 atom stereocenters. The molecule has 1 heterocycles. The van der Waals surface area contributed by atoms with E-state index in [0.29, 0.717) is 48.9 Å². The summed E-state index contributed by atoms with van der Waals surface area (Å²) in [5, 5.41) is 2.65. The maximum atomic E-state index is 12.9. The molecule has 1 aliphatic heterocycles. The molecule has 2 aromatic carbocycles. The molecule has 1 fully saturated rings. The number of morpholine rings is 1. The van der Waals surface area contributed by atoms with Gasteiger partial charge in [-0.05, 0) is 43.7 Å². The van der Waals surface area contributed by atoms with Crippen molar-refractivity contribution in [3.63, 3.8) is 0 Å². The van der Waals surface area contributed by atoms with Gasteiger partial charge in [0, 0.05) is 24.3 Å². The largest absolute Gasteiger partial charge is 0.484 e. The Bertz CT molecular complexity index is 1050. The predicted octanol–water partition coefficient (Wildman–Crippen LogP) is 2.24. The van der Waals surface area contributed by atoms with Gasteiger partial charge in [0.05, 0.1) is 18.1 Å². The second-order valence-corrected chi connectivity index (χ2v) is 8.82. The second-order valence-electron chi connectivity index (χ2n) is 6.92. The maximum Gasteiger partial charge on any atom is 0.262 e. The topological polar surface area (TPSA) is 102 Å². The van der Waals surface area contributed by atoms with Crippen LogP contribution in [0.1, 0.15) is 22.8 Å². The zero-order chi connectivity index (χ0) is 21.7. The summed E-state index contributed by atoms with van der Waals surface area (Å²) in [6, 6.07) is 11.3. The first-order valence-corrected chi connectivity index (χ1v) is 10.9. The molecule has 3 rings (SSSR count). The molecule has 0 saturated carbocycles. The van der Waals surface area contributed by atoms with Crippen LogP contribution in [0.15, 0.2) is 47.4 Å². The summed E-state index contributed by atoms with van der Waals surface area (Å²) in [6.45, 7) is 4.20. The number of ether oxygens (including phenoxy) is 2. The first-order valence-electron chi connectivity index (χ1n) is 9.49. The summed E-state index contributed by atoms with van der Waals surface area (Å²) in [5.74, 6) is -0.141. The average Bonchev–Trinajstić information content (AvgIpc) is 2.74. The number of carbonyl (C=O) groups excluding carboxylic acids is 2. The van der Waals surface area contributed by atoms with Crippen molar-refractivity contribution in [3.05, 3.63) is 53.6 Å². The van der Waals surface area contributed by atoms with Crippen LogP contribution in [0, 0.1) is 6.92 Å². The molecule has 9 heteroatoms. The third kappa shape index (κ3) is 5.24. The fourth-order valence-corrected chi connectivity index (χ4v) is 4.69. The van der Waals surface area contributed by atoms with E-state index < -0.39 is 15.9 Å². The van der Waals surface area contributed by atoms with E-state index in [1.165, 1.54) is 17.3 Å². The van der Waals surface area contributed by atoms with Crippen LogP contribution in [0.3, 0.4) is 0 Å². The van der Waals surface area contributed by atoms with Crippen molar-refractivity contribution >= 4 is 27.4 Å². The van der Waals surface area contributed by atoms with Gasteiger partial charge >= 0.3 is 0 Å². The Morgan fingerprint density at radius 1 is 1.13 bits per heavy atom. The van der Waals surface area contributed by atoms with Crippen LogP contribution in [0.5, 0.6) is 5.75 Å². The summed E-state index contributed by atoms with van der Waals surface area (Å²) in [6.07, 6.45) is 0. The smallest absolute Gasteiger partial charge is 0.262 e. The number of hydrogen-bond donors (Lipinski definition) is 1. The molecule has 0 bridgehead atoms. The van der Waals surface area contributed by atoms with Crippen LogP contribution >= 0.6 is 0 Å². The molecule has 1 N–H and O–H groups in total. The van der Waals surface area contributed by atoms with Crippen LogP contribution in [0.2, 0.25) is 0 Å². The second kappa shape index (κ2) is 9.38. The number of carbonyl (C=O) groups is 2. The Kier molecular flexibility index (Phi) is 6.86. The predicted molar refractivity (Wildman–Crippen MR) is 111 cm³/mol. The van der Waals surface area contributed by atoms with E-state index in [9.17, 15) is 18.0 Å². The molecule has 0 aromatic heterocycles. The van der Waals surface area contributed by atoms with E-state index in [0.717, 1.165) is 0 Å². The Balaban J connectivity index is 1.68. The molecule has 0 radical (unpaired) electrons. The van der Waals surface area contributed by atoms with E-state index in [-0.39, 0.29) is 17.3 Å². The molecule has 1 saturated heterocycles. The van der Waals surface area contributed by atoms with Crippen molar-refractivity contribution in [1.82, 2.24) is 4.31 Å². The number of ketones is 1. The summed E-state index contributed by atoms with van der Waals surface area (Å²) >= 11 is 0. The van der Waals surface area contributed by atoms with E-state index in [1.54, 1.807) is 43.3 Å². The zero-order valence-corrected chi connectivity index (χ0v) is 17.7. The Morgan fingerprint density at radius 3 is 2.57 bits per heavy atom. The summed E-state index contributed by atoms with van der Waals surface area (Å²) in [7, 11) is -3.68. The monoisotopic (exact) mass is 432 g/mol. The molecular formula is C21H24N2O6S. The van der Waals surface area contributed by atoms with Crippen LogP contribution < -0.4 is 10.1 Å². The minimum Gasteiger partial charge on any atom is -0.484 e. The van der Waals surface area contributed by atoms with Gasteiger partial charge in [0.1, 0.15) is 5.75 Å². The first-order chi connectivity index (χ1) is 14.3. The van der Waals surface area contributed by atoms with Crippen molar-refractivity contribution in [1.29, 1.82) is 0 Å². The van der Waals surface area contributed by atoms with Gasteiger partial charge in [-0.25, -0.2) is 8.42 Å². The number of anilines is 1. The van der Waals surface area contributed by atoms with Crippen molar-refractivity contribution in [3.8, 4) is 5.75 Å². The maximum absolute atomic E-state index is 12.9. The molecule has 8 nitrogen and oxygen atoms in total. The number of amides is 1. The first kappa shape index (κ1) is 21.9. The SMILES string of the molecule is CC(=O)c1cccc(OCC(=O)Nc2ccc(C)c(S(=O)(=O)N3CCOCC3)c2)c1. The van der Waals surface area contributed by atoms with Crippen LogP contribution in [-0.4, -0.2) is 57.3 Å². The number of nitrogens with one attached hydrogen (secondary N) is 1. The Hall–Kier alpha value is -2.75. The number of sulfonamides is 1. The Labute approximate surface area is 175 Å². The van der Waals surface area contributed by atoms with E-state index in [2.05, 4.69) is 5.32 Å². The summed E-state index contributed by atoms with van der Waals surface area (Å²) in [5.41, 5.74) is 1.44. The third-order valence-electron chi connectivity index (χ3n) is 4.67. The van der Waals surface area contributed by atoms with E-state index >= 15 is 0 Å². The van der Waals surface area contributed by atoms with Crippen LogP contribution in [-0.2, 0) is 19.6 Å². The average molecular weight is 432 g/mol. The zero-order valence-electron chi connectivity index (χ0n) is 16.9. The van der Waals surface area contributed by atoms with Crippen molar-refractivity contribution in [2.75, 3.05) is 38.2 Å². The molecule has 1 aliphatic rings. The summed E-state index contributed by atoms with van der Waals surface area (Å²) in [4.78, 5) is 23.9. The highest BCUT2D eigenvalue weighted by Gasteiger charge is 2.28. The number of aryl methyl sites for hydroxylation is 1.